The lowest BCUT2D eigenvalue weighted by Crippen LogP contribution is -2.21. The fraction of sp³-hybridized carbons (Fsp3) is 0. The molecule has 1 aliphatic carbocycles. The summed E-state index contributed by atoms with van der Waals surface area (Å²) in [6, 6.07) is 16.1. The molecule has 2 aromatic heterocycles. The molecule has 0 amide bonds. The molecule has 0 N–H and O–H groups in total. The van der Waals surface area contributed by atoms with E-state index in [0.717, 1.165) is 16.8 Å². The van der Waals surface area contributed by atoms with Gasteiger partial charge in [0, 0.05) is 39.6 Å². The summed E-state index contributed by atoms with van der Waals surface area (Å²) < 4.78 is 0. The van der Waals surface area contributed by atoms with Crippen molar-refractivity contribution in [2.75, 3.05) is 0 Å². The Morgan fingerprint density at radius 3 is 2.11 bits per heavy atom. The first-order valence-corrected chi connectivity index (χ1v) is 9.16. The highest BCUT2D eigenvalue weighted by Gasteiger charge is 2.30. The van der Waals surface area contributed by atoms with Crippen molar-refractivity contribution in [1.82, 2.24) is 15.2 Å². The standard InChI is InChI=1S/C21H11N3O2S/c25-19-14-6-4-12(18-3-1-2-8-22-18)9-16(14)20(26)17-10-13(5-7-15(17)19)21-24-23-11-27-21/h1-11H. The van der Waals surface area contributed by atoms with Crippen LogP contribution in [0.3, 0.4) is 0 Å². The van der Waals surface area contributed by atoms with E-state index in [4.69, 9.17) is 0 Å². The number of hydrogen-bond acceptors (Lipinski definition) is 6. The number of aromatic nitrogens is 3. The van der Waals surface area contributed by atoms with Gasteiger partial charge in [0.15, 0.2) is 11.6 Å². The molecular weight excluding hydrogens is 358 g/mol. The van der Waals surface area contributed by atoms with Crippen molar-refractivity contribution in [2.45, 2.75) is 0 Å². The Labute approximate surface area is 158 Å². The van der Waals surface area contributed by atoms with Crippen LogP contribution in [0.15, 0.2) is 66.3 Å². The molecule has 128 valence electrons. The summed E-state index contributed by atoms with van der Waals surface area (Å²) in [5.41, 5.74) is 5.64. The van der Waals surface area contributed by atoms with Crippen molar-refractivity contribution in [2.24, 2.45) is 0 Å². The Hall–Kier alpha value is -3.51. The monoisotopic (exact) mass is 369 g/mol. The molecule has 2 aromatic carbocycles. The van der Waals surface area contributed by atoms with Crippen LogP contribution in [-0.2, 0) is 0 Å². The number of benzene rings is 2. The SMILES string of the molecule is O=C1c2ccc(-c3ccccn3)cc2C(=O)c2cc(-c3nncs3)ccc21. The molecule has 0 spiro atoms. The van der Waals surface area contributed by atoms with Gasteiger partial charge in [0.1, 0.15) is 10.5 Å². The van der Waals surface area contributed by atoms with Crippen LogP contribution in [0, 0.1) is 0 Å². The predicted molar refractivity (Wildman–Crippen MR) is 102 cm³/mol. The third-order valence-corrected chi connectivity index (χ3v) is 5.33. The number of fused-ring (bicyclic) bond motifs is 2. The molecule has 4 aromatic rings. The number of nitrogens with zero attached hydrogens (tertiary/aromatic N) is 3. The highest BCUT2D eigenvalue weighted by atomic mass is 32.1. The molecule has 0 atom stereocenters. The first-order valence-electron chi connectivity index (χ1n) is 8.28. The van der Waals surface area contributed by atoms with Crippen LogP contribution in [0.5, 0.6) is 0 Å². The van der Waals surface area contributed by atoms with E-state index in [1.54, 1.807) is 42.0 Å². The molecule has 1 aliphatic rings. The van der Waals surface area contributed by atoms with Crippen molar-refractivity contribution in [1.29, 1.82) is 0 Å². The van der Waals surface area contributed by atoms with Crippen LogP contribution < -0.4 is 0 Å². The lowest BCUT2D eigenvalue weighted by molar-refractivity contribution is 0.0979. The minimum absolute atomic E-state index is 0.143. The molecule has 5 rings (SSSR count). The average Bonchev–Trinajstić information content (AvgIpc) is 3.27. The molecule has 0 bridgehead atoms. The van der Waals surface area contributed by atoms with E-state index in [9.17, 15) is 9.59 Å². The lowest BCUT2D eigenvalue weighted by atomic mass is 9.82. The summed E-state index contributed by atoms with van der Waals surface area (Å²) in [5, 5.41) is 8.59. The van der Waals surface area contributed by atoms with Gasteiger partial charge in [0.2, 0.25) is 0 Å². The van der Waals surface area contributed by atoms with Gasteiger partial charge in [-0.05, 0) is 36.4 Å². The van der Waals surface area contributed by atoms with Gasteiger partial charge in [0.25, 0.3) is 0 Å². The van der Waals surface area contributed by atoms with Crippen LogP contribution in [-0.4, -0.2) is 26.7 Å². The number of rotatable bonds is 2. The minimum Gasteiger partial charge on any atom is -0.289 e. The lowest BCUT2D eigenvalue weighted by Gasteiger charge is -2.18. The maximum absolute atomic E-state index is 13.2. The third kappa shape index (κ3) is 2.50. The van der Waals surface area contributed by atoms with Crippen molar-refractivity contribution in [3.8, 4) is 21.8 Å². The second kappa shape index (κ2) is 6.03. The molecule has 27 heavy (non-hydrogen) atoms. The Kier molecular flexibility index (Phi) is 3.51. The summed E-state index contributed by atoms with van der Waals surface area (Å²) in [5.74, 6) is -0.306. The van der Waals surface area contributed by atoms with Gasteiger partial charge in [-0.3, -0.25) is 14.6 Å². The summed E-state index contributed by atoms with van der Waals surface area (Å²) >= 11 is 1.39. The zero-order valence-electron chi connectivity index (χ0n) is 13.9. The quantitative estimate of drug-likeness (QED) is 0.469. The number of hydrogen-bond donors (Lipinski definition) is 0. The third-order valence-electron chi connectivity index (χ3n) is 4.59. The maximum Gasteiger partial charge on any atom is 0.194 e. The number of pyridine rings is 1. The van der Waals surface area contributed by atoms with Crippen LogP contribution >= 0.6 is 11.3 Å². The van der Waals surface area contributed by atoms with E-state index in [1.807, 2.05) is 24.3 Å². The smallest absolute Gasteiger partial charge is 0.194 e. The van der Waals surface area contributed by atoms with Crippen molar-refractivity contribution in [3.63, 3.8) is 0 Å². The van der Waals surface area contributed by atoms with Gasteiger partial charge in [-0.1, -0.05) is 29.5 Å². The van der Waals surface area contributed by atoms with Crippen LogP contribution in [0.4, 0.5) is 0 Å². The largest absolute Gasteiger partial charge is 0.289 e. The van der Waals surface area contributed by atoms with Gasteiger partial charge in [-0.25, -0.2) is 0 Å². The van der Waals surface area contributed by atoms with Gasteiger partial charge in [-0.15, -0.1) is 10.2 Å². The number of carbonyl (C=O) groups is 2. The fourth-order valence-corrected chi connectivity index (χ4v) is 3.83. The van der Waals surface area contributed by atoms with Gasteiger partial charge in [0.05, 0.1) is 5.69 Å². The molecule has 5 nitrogen and oxygen atoms in total. The summed E-state index contributed by atoms with van der Waals surface area (Å²) in [7, 11) is 0. The Morgan fingerprint density at radius 2 is 1.44 bits per heavy atom. The summed E-state index contributed by atoms with van der Waals surface area (Å²) in [4.78, 5) is 30.4. The maximum atomic E-state index is 13.2. The van der Waals surface area contributed by atoms with Crippen LogP contribution in [0.25, 0.3) is 21.8 Å². The van der Waals surface area contributed by atoms with E-state index in [1.165, 1.54) is 11.3 Å². The normalized spacial score (nSPS) is 12.6. The summed E-state index contributed by atoms with van der Waals surface area (Å²) in [6.45, 7) is 0. The number of carbonyl (C=O) groups excluding carboxylic acids is 2. The second-order valence-corrected chi connectivity index (χ2v) is 6.97. The predicted octanol–water partition coefficient (Wildman–Crippen LogP) is 4.04. The molecule has 0 aliphatic heterocycles. The van der Waals surface area contributed by atoms with Crippen LogP contribution in [0.1, 0.15) is 31.8 Å². The van der Waals surface area contributed by atoms with E-state index in [-0.39, 0.29) is 11.6 Å². The molecule has 0 fully saturated rings. The fourth-order valence-electron chi connectivity index (χ4n) is 3.28. The molecule has 2 heterocycles. The second-order valence-electron chi connectivity index (χ2n) is 6.14. The van der Waals surface area contributed by atoms with Crippen LogP contribution in [0.2, 0.25) is 0 Å². The molecule has 0 radical (unpaired) electrons. The first kappa shape index (κ1) is 15.7. The van der Waals surface area contributed by atoms with E-state index < -0.39 is 0 Å². The number of ketones is 2. The Balaban J connectivity index is 1.65. The topological polar surface area (TPSA) is 72.8 Å². The minimum atomic E-state index is -0.163. The van der Waals surface area contributed by atoms with Crippen molar-refractivity contribution < 1.29 is 9.59 Å². The van der Waals surface area contributed by atoms with Crippen molar-refractivity contribution >= 4 is 22.9 Å². The van der Waals surface area contributed by atoms with Gasteiger partial charge >= 0.3 is 0 Å². The van der Waals surface area contributed by atoms with E-state index in [2.05, 4.69) is 15.2 Å². The molecule has 0 saturated carbocycles. The van der Waals surface area contributed by atoms with E-state index in [0.29, 0.717) is 27.3 Å². The Morgan fingerprint density at radius 1 is 0.741 bits per heavy atom. The average molecular weight is 369 g/mol. The molecule has 0 saturated heterocycles. The highest BCUT2D eigenvalue weighted by Crippen LogP contribution is 2.33. The van der Waals surface area contributed by atoms with Gasteiger partial charge < -0.3 is 0 Å². The zero-order chi connectivity index (χ0) is 18.4. The Bertz CT molecular complexity index is 1200. The zero-order valence-corrected chi connectivity index (χ0v) is 14.7. The molecule has 0 unspecified atom stereocenters. The molecular formula is C21H11N3O2S. The van der Waals surface area contributed by atoms with E-state index >= 15 is 0 Å². The molecule has 6 heteroatoms. The van der Waals surface area contributed by atoms with Crippen molar-refractivity contribution in [3.05, 3.63) is 88.6 Å². The first-order chi connectivity index (χ1) is 13.2. The summed E-state index contributed by atoms with van der Waals surface area (Å²) in [6.07, 6.45) is 1.70. The van der Waals surface area contributed by atoms with Gasteiger partial charge in [-0.2, -0.15) is 0 Å². The highest BCUT2D eigenvalue weighted by molar-refractivity contribution is 7.12.